The van der Waals surface area contributed by atoms with Crippen molar-refractivity contribution in [1.82, 2.24) is 5.43 Å². The number of aryl methyl sites for hydroxylation is 2. The molecule has 1 amide bonds. The van der Waals surface area contributed by atoms with Crippen LogP contribution in [0.2, 0.25) is 0 Å². The van der Waals surface area contributed by atoms with Crippen molar-refractivity contribution >= 4 is 28.3 Å². The van der Waals surface area contributed by atoms with Crippen LogP contribution in [-0.2, 0) is 17.2 Å². The number of carbonyl (C=O) groups is 1. The van der Waals surface area contributed by atoms with E-state index in [1.807, 2.05) is 49.0 Å². The molecule has 3 aromatic rings. The molecule has 1 aromatic heterocycles. The van der Waals surface area contributed by atoms with Gasteiger partial charge in [0.15, 0.2) is 12.4 Å². The molecule has 8 heteroatoms. The van der Waals surface area contributed by atoms with Crippen LogP contribution in [-0.4, -0.2) is 25.1 Å². The summed E-state index contributed by atoms with van der Waals surface area (Å²) < 4.78 is 33.0. The van der Waals surface area contributed by atoms with Crippen LogP contribution in [0.5, 0.6) is 0 Å². The van der Waals surface area contributed by atoms with Crippen molar-refractivity contribution in [2.45, 2.75) is 38.0 Å². The first kappa shape index (κ1) is 27.6. The SMILES string of the molecule is CCCCC(/C=N\NC(=O)c1ccc[n+](C)c1)=C/c1ccccc1.Cc1ccc(S(=O)(=O)[O-])cc1. The van der Waals surface area contributed by atoms with Gasteiger partial charge < -0.3 is 4.55 Å². The lowest BCUT2D eigenvalue weighted by Crippen LogP contribution is -2.29. The van der Waals surface area contributed by atoms with E-state index in [-0.39, 0.29) is 10.8 Å². The molecule has 0 spiro atoms. The zero-order valence-electron chi connectivity index (χ0n) is 20.2. The van der Waals surface area contributed by atoms with Crippen molar-refractivity contribution in [3.8, 4) is 0 Å². The number of rotatable bonds is 8. The smallest absolute Gasteiger partial charge is 0.277 e. The quantitative estimate of drug-likeness (QED) is 0.217. The molecule has 2 aromatic carbocycles. The molecule has 0 atom stereocenters. The Bertz CT molecular complexity index is 1250. The Morgan fingerprint density at radius 3 is 2.34 bits per heavy atom. The third-order valence-electron chi connectivity index (χ3n) is 4.88. The van der Waals surface area contributed by atoms with Crippen LogP contribution in [0.1, 0.15) is 47.7 Å². The summed E-state index contributed by atoms with van der Waals surface area (Å²) in [6.45, 7) is 3.98. The second-order valence-electron chi connectivity index (χ2n) is 7.96. The number of carbonyl (C=O) groups excluding carboxylic acids is 1. The van der Waals surface area contributed by atoms with Crippen LogP contribution in [0.4, 0.5) is 0 Å². The number of nitrogens with zero attached hydrogens (tertiary/aromatic N) is 2. The van der Waals surface area contributed by atoms with Crippen molar-refractivity contribution in [3.63, 3.8) is 0 Å². The summed E-state index contributed by atoms with van der Waals surface area (Å²) in [6.07, 6.45) is 10.6. The number of allylic oxidation sites excluding steroid dienone is 1. The zero-order chi connectivity index (χ0) is 25.7. The van der Waals surface area contributed by atoms with Crippen LogP contribution in [0.25, 0.3) is 6.08 Å². The van der Waals surface area contributed by atoms with Gasteiger partial charge in [0.1, 0.15) is 22.7 Å². The molecular weight excluding hydrogens is 462 g/mol. The highest BCUT2D eigenvalue weighted by atomic mass is 32.2. The highest BCUT2D eigenvalue weighted by molar-refractivity contribution is 7.85. The molecule has 0 unspecified atom stereocenters. The number of aromatic nitrogens is 1. The van der Waals surface area contributed by atoms with E-state index < -0.39 is 10.1 Å². The average molecular weight is 494 g/mol. The molecule has 1 heterocycles. The summed E-state index contributed by atoms with van der Waals surface area (Å²) in [4.78, 5) is 11.9. The Morgan fingerprint density at radius 1 is 1.06 bits per heavy atom. The maximum absolute atomic E-state index is 12.1. The van der Waals surface area contributed by atoms with Gasteiger partial charge in [-0.25, -0.2) is 18.4 Å². The highest BCUT2D eigenvalue weighted by Crippen LogP contribution is 2.11. The number of hydrogen-bond donors (Lipinski definition) is 1. The molecule has 184 valence electrons. The summed E-state index contributed by atoms with van der Waals surface area (Å²) in [5.41, 5.74) is 6.34. The van der Waals surface area contributed by atoms with Crippen molar-refractivity contribution in [2.24, 2.45) is 12.1 Å². The second kappa shape index (κ2) is 13.9. The molecule has 0 bridgehead atoms. The Morgan fingerprint density at radius 2 is 1.74 bits per heavy atom. The Balaban J connectivity index is 0.000000328. The molecule has 3 rings (SSSR count). The normalized spacial score (nSPS) is 11.6. The predicted molar refractivity (Wildman–Crippen MR) is 137 cm³/mol. The molecule has 0 aliphatic carbocycles. The Hall–Kier alpha value is -3.62. The van der Waals surface area contributed by atoms with Gasteiger partial charge in [-0.15, -0.1) is 0 Å². The second-order valence-corrected chi connectivity index (χ2v) is 9.34. The summed E-state index contributed by atoms with van der Waals surface area (Å²) in [7, 11) is -2.39. The molecule has 0 saturated heterocycles. The van der Waals surface area contributed by atoms with Gasteiger partial charge in [0.05, 0.1) is 11.1 Å². The van der Waals surface area contributed by atoms with Crippen LogP contribution in [0.15, 0.2) is 94.7 Å². The van der Waals surface area contributed by atoms with E-state index >= 15 is 0 Å². The number of nitrogens with one attached hydrogen (secondary N) is 1. The number of hydrogen-bond acceptors (Lipinski definition) is 5. The summed E-state index contributed by atoms with van der Waals surface area (Å²) in [6, 6.07) is 19.5. The first-order valence-electron chi connectivity index (χ1n) is 11.3. The number of benzene rings is 2. The fourth-order valence-corrected chi connectivity index (χ4v) is 3.45. The van der Waals surface area contributed by atoms with Crippen molar-refractivity contribution < 1.29 is 22.3 Å². The van der Waals surface area contributed by atoms with Gasteiger partial charge in [0, 0.05) is 6.07 Å². The predicted octanol–water partition coefficient (Wildman–Crippen LogP) is 4.40. The minimum absolute atomic E-state index is 0.178. The number of amides is 1. The topological polar surface area (TPSA) is 103 Å². The lowest BCUT2D eigenvalue weighted by atomic mass is 10.1. The van der Waals surface area contributed by atoms with E-state index in [9.17, 15) is 17.8 Å². The van der Waals surface area contributed by atoms with Crippen LogP contribution in [0, 0.1) is 6.92 Å². The molecule has 0 fully saturated rings. The average Bonchev–Trinajstić information content (AvgIpc) is 2.83. The minimum Gasteiger partial charge on any atom is -0.744 e. The molecule has 0 aliphatic heterocycles. The zero-order valence-corrected chi connectivity index (χ0v) is 21.0. The van der Waals surface area contributed by atoms with Crippen LogP contribution in [0.3, 0.4) is 0 Å². The fourth-order valence-electron chi connectivity index (χ4n) is 2.98. The van der Waals surface area contributed by atoms with Gasteiger partial charge in [0.2, 0.25) is 0 Å². The number of hydrazone groups is 1. The first-order chi connectivity index (χ1) is 16.7. The van der Waals surface area contributed by atoms with Gasteiger partial charge >= 0.3 is 0 Å². The summed E-state index contributed by atoms with van der Waals surface area (Å²) in [5.74, 6) is -0.211. The molecule has 0 radical (unpaired) electrons. The molecule has 0 aliphatic rings. The lowest BCUT2D eigenvalue weighted by molar-refractivity contribution is -0.671. The van der Waals surface area contributed by atoms with Gasteiger partial charge in [-0.1, -0.05) is 67.4 Å². The fraction of sp³-hybridized carbons (Fsp3) is 0.222. The van der Waals surface area contributed by atoms with E-state index in [0.29, 0.717) is 5.56 Å². The first-order valence-corrected chi connectivity index (χ1v) is 12.7. The minimum atomic E-state index is -4.27. The standard InChI is InChI=1S/C20H23N3O.C7H8O3S/c1-3-4-9-18(14-17-10-6-5-7-11-17)15-21-22-20(24)19-12-8-13-23(2)16-19;1-6-2-4-7(5-3-6)11(8,9)10/h5-8,10-16H,3-4,9H2,1-2H3;2-5H,1H3,(H,8,9,10)/b18-14-,21-15-;. The van der Waals surface area contributed by atoms with E-state index in [4.69, 9.17) is 0 Å². The molecule has 35 heavy (non-hydrogen) atoms. The van der Waals surface area contributed by atoms with Gasteiger partial charge in [-0.05, 0) is 49.1 Å². The lowest BCUT2D eigenvalue weighted by Gasteiger charge is -2.05. The van der Waals surface area contributed by atoms with Crippen molar-refractivity contribution in [3.05, 3.63) is 101 Å². The molecule has 0 saturated carbocycles. The molecule has 7 nitrogen and oxygen atoms in total. The highest BCUT2D eigenvalue weighted by Gasteiger charge is 2.07. The maximum atomic E-state index is 12.1. The van der Waals surface area contributed by atoms with E-state index in [1.54, 1.807) is 30.6 Å². The Kier molecular flexibility index (Phi) is 11.0. The summed E-state index contributed by atoms with van der Waals surface area (Å²) >= 11 is 0. The van der Waals surface area contributed by atoms with E-state index in [1.165, 1.54) is 12.1 Å². The monoisotopic (exact) mass is 493 g/mol. The van der Waals surface area contributed by atoms with Gasteiger partial charge in [-0.3, -0.25) is 4.79 Å². The van der Waals surface area contributed by atoms with E-state index in [0.717, 1.165) is 36.0 Å². The summed E-state index contributed by atoms with van der Waals surface area (Å²) in [5, 5.41) is 4.12. The third-order valence-corrected chi connectivity index (χ3v) is 5.73. The van der Waals surface area contributed by atoms with Gasteiger partial charge in [-0.2, -0.15) is 5.10 Å². The largest absolute Gasteiger partial charge is 0.744 e. The molecular formula is C27H31N3O4S. The maximum Gasteiger partial charge on any atom is 0.277 e. The van der Waals surface area contributed by atoms with Crippen LogP contribution < -0.4 is 9.99 Å². The van der Waals surface area contributed by atoms with E-state index in [2.05, 4.69) is 35.7 Å². The van der Waals surface area contributed by atoms with Crippen molar-refractivity contribution in [1.29, 1.82) is 0 Å². The third kappa shape index (κ3) is 10.5. The van der Waals surface area contributed by atoms with Crippen LogP contribution >= 0.6 is 0 Å². The molecule has 1 N–H and O–H groups in total. The number of pyridine rings is 1. The van der Waals surface area contributed by atoms with Crippen molar-refractivity contribution in [2.75, 3.05) is 0 Å². The van der Waals surface area contributed by atoms with Gasteiger partial charge in [0.25, 0.3) is 5.91 Å². The Labute approximate surface area is 207 Å². The number of unbranched alkanes of at least 4 members (excludes halogenated alkanes) is 1.